The zero-order valence-corrected chi connectivity index (χ0v) is 13.6. The van der Waals surface area contributed by atoms with Crippen molar-refractivity contribution in [1.29, 1.82) is 5.41 Å². The fraction of sp³-hybridized carbons (Fsp3) is 0.222. The molecule has 122 valence electrons. The molecule has 2 N–H and O–H groups in total. The fourth-order valence-electron chi connectivity index (χ4n) is 3.13. The number of amidine groups is 1. The molecule has 4 rings (SSSR count). The number of benzene rings is 1. The molecule has 0 fully saturated rings. The minimum atomic E-state index is 0.168. The average Bonchev–Trinajstić information content (AvgIpc) is 3.21. The second kappa shape index (κ2) is 5.26. The first-order chi connectivity index (χ1) is 11.5. The third-order valence-electron chi connectivity index (χ3n) is 4.37. The summed E-state index contributed by atoms with van der Waals surface area (Å²) >= 11 is 0. The van der Waals surface area contributed by atoms with Crippen molar-refractivity contribution in [2.45, 2.75) is 13.5 Å². The molecular formula is C18H18N4O2. The lowest BCUT2D eigenvalue weighted by atomic mass is 10.2. The van der Waals surface area contributed by atoms with E-state index < -0.39 is 0 Å². The van der Waals surface area contributed by atoms with Crippen LogP contribution in [0, 0.1) is 12.3 Å². The zero-order chi connectivity index (χ0) is 16.8. The lowest BCUT2D eigenvalue weighted by molar-refractivity contribution is 0.328. The molecule has 0 spiro atoms. The zero-order valence-electron chi connectivity index (χ0n) is 13.6. The Labute approximate surface area is 139 Å². The van der Waals surface area contributed by atoms with Gasteiger partial charge < -0.3 is 19.0 Å². The number of rotatable bonds is 3. The van der Waals surface area contributed by atoms with Gasteiger partial charge in [-0.3, -0.25) is 5.41 Å². The van der Waals surface area contributed by atoms with E-state index in [9.17, 15) is 5.11 Å². The van der Waals surface area contributed by atoms with Crippen molar-refractivity contribution in [2.24, 2.45) is 7.05 Å². The number of imidazole rings is 1. The Morgan fingerprint density at radius 3 is 2.92 bits per heavy atom. The van der Waals surface area contributed by atoms with Crippen LogP contribution in [0.25, 0.3) is 16.6 Å². The van der Waals surface area contributed by atoms with Crippen molar-refractivity contribution in [2.75, 3.05) is 6.54 Å². The Kier molecular flexibility index (Phi) is 3.19. The van der Waals surface area contributed by atoms with Gasteiger partial charge in [-0.25, -0.2) is 4.98 Å². The topological polar surface area (TPSA) is 78.3 Å². The third-order valence-corrected chi connectivity index (χ3v) is 4.37. The molecule has 0 unspecified atom stereocenters. The van der Waals surface area contributed by atoms with Gasteiger partial charge in [0.2, 0.25) is 0 Å². The molecule has 0 aliphatic carbocycles. The maximum atomic E-state index is 10.4. The van der Waals surface area contributed by atoms with E-state index in [2.05, 4.69) is 4.98 Å². The number of aryl methyl sites for hydroxylation is 2. The second-order valence-electron chi connectivity index (χ2n) is 6.09. The van der Waals surface area contributed by atoms with Crippen LogP contribution in [0.3, 0.4) is 0 Å². The maximum Gasteiger partial charge on any atom is 0.148 e. The fourth-order valence-corrected chi connectivity index (χ4v) is 3.13. The van der Waals surface area contributed by atoms with E-state index in [4.69, 9.17) is 9.83 Å². The Balaban J connectivity index is 1.72. The molecular weight excluding hydrogens is 304 g/mol. The molecule has 6 nitrogen and oxygen atoms in total. The van der Waals surface area contributed by atoms with Crippen LogP contribution in [0.2, 0.25) is 0 Å². The number of aliphatic hydroxyl groups is 1. The highest BCUT2D eigenvalue weighted by Gasteiger charge is 2.31. The van der Waals surface area contributed by atoms with Crippen LogP contribution in [-0.4, -0.2) is 31.9 Å². The number of furan rings is 1. The molecule has 0 atom stereocenters. The summed E-state index contributed by atoms with van der Waals surface area (Å²) in [6.07, 6.45) is 1.61. The Morgan fingerprint density at radius 2 is 2.17 bits per heavy atom. The van der Waals surface area contributed by atoms with E-state index in [0.717, 1.165) is 22.4 Å². The quantitative estimate of drug-likeness (QED) is 0.776. The SMILES string of the molecule is Cc1ccc2c(c1)nc(C1=C(O)CN(Cc3ccco3)C1=N)n2C. The highest BCUT2D eigenvalue weighted by molar-refractivity contribution is 6.23. The number of nitrogens with zero attached hydrogens (tertiary/aromatic N) is 3. The summed E-state index contributed by atoms with van der Waals surface area (Å²) < 4.78 is 7.27. The van der Waals surface area contributed by atoms with Crippen LogP contribution < -0.4 is 0 Å². The Morgan fingerprint density at radius 1 is 1.33 bits per heavy atom. The van der Waals surface area contributed by atoms with E-state index in [1.54, 1.807) is 11.2 Å². The van der Waals surface area contributed by atoms with Crippen molar-refractivity contribution in [3.63, 3.8) is 0 Å². The Bertz CT molecular complexity index is 966. The summed E-state index contributed by atoms with van der Waals surface area (Å²) in [5.74, 6) is 1.80. The summed E-state index contributed by atoms with van der Waals surface area (Å²) in [6.45, 7) is 2.76. The standard InChI is InChI=1S/C18H18N4O2/c1-11-5-6-14-13(8-11)20-18(21(14)2)16-15(23)10-22(17(16)19)9-12-4-3-7-24-12/h3-8,19,23H,9-10H2,1-2H3. The van der Waals surface area contributed by atoms with E-state index in [1.165, 1.54) is 0 Å². The molecule has 0 amide bonds. The minimum Gasteiger partial charge on any atom is -0.510 e. The first-order valence-corrected chi connectivity index (χ1v) is 7.76. The molecule has 1 aromatic carbocycles. The van der Waals surface area contributed by atoms with Crippen molar-refractivity contribution in [1.82, 2.24) is 14.5 Å². The highest BCUT2D eigenvalue weighted by Crippen LogP contribution is 2.30. The molecule has 0 radical (unpaired) electrons. The monoisotopic (exact) mass is 322 g/mol. The van der Waals surface area contributed by atoms with Gasteiger partial charge in [0, 0.05) is 7.05 Å². The summed E-state index contributed by atoms with van der Waals surface area (Å²) in [5, 5.41) is 18.9. The molecule has 3 aromatic rings. The van der Waals surface area contributed by atoms with Gasteiger partial charge in [0.25, 0.3) is 0 Å². The predicted octanol–water partition coefficient (Wildman–Crippen LogP) is 3.24. The molecule has 2 aromatic heterocycles. The summed E-state index contributed by atoms with van der Waals surface area (Å²) in [4.78, 5) is 6.41. The van der Waals surface area contributed by atoms with Crippen LogP contribution in [0.15, 0.2) is 46.8 Å². The van der Waals surface area contributed by atoms with Crippen molar-refractivity contribution >= 4 is 22.4 Å². The molecule has 1 aliphatic rings. The summed E-state index contributed by atoms with van der Waals surface area (Å²) in [5.41, 5.74) is 3.46. The van der Waals surface area contributed by atoms with Gasteiger partial charge in [-0.2, -0.15) is 0 Å². The summed E-state index contributed by atoms with van der Waals surface area (Å²) in [7, 11) is 1.91. The average molecular weight is 322 g/mol. The second-order valence-corrected chi connectivity index (χ2v) is 6.09. The van der Waals surface area contributed by atoms with Crippen molar-refractivity contribution < 1.29 is 9.52 Å². The molecule has 3 heterocycles. The third kappa shape index (κ3) is 2.19. The predicted molar refractivity (Wildman–Crippen MR) is 91.8 cm³/mol. The number of aromatic nitrogens is 2. The molecule has 6 heteroatoms. The molecule has 1 aliphatic heterocycles. The first kappa shape index (κ1) is 14.6. The van der Waals surface area contributed by atoms with Gasteiger partial charge in [-0.05, 0) is 36.8 Å². The van der Waals surface area contributed by atoms with Gasteiger partial charge in [0.15, 0.2) is 0 Å². The van der Waals surface area contributed by atoms with Crippen molar-refractivity contribution in [3.05, 3.63) is 59.5 Å². The van der Waals surface area contributed by atoms with Crippen LogP contribution in [-0.2, 0) is 13.6 Å². The van der Waals surface area contributed by atoms with Gasteiger partial charge in [-0.15, -0.1) is 0 Å². The van der Waals surface area contributed by atoms with E-state index >= 15 is 0 Å². The van der Waals surface area contributed by atoms with Crippen LogP contribution in [0.4, 0.5) is 0 Å². The molecule has 0 saturated carbocycles. The number of fused-ring (bicyclic) bond motifs is 1. The smallest absolute Gasteiger partial charge is 0.148 e. The molecule has 0 saturated heterocycles. The first-order valence-electron chi connectivity index (χ1n) is 7.76. The van der Waals surface area contributed by atoms with Crippen LogP contribution in [0.5, 0.6) is 0 Å². The molecule has 24 heavy (non-hydrogen) atoms. The maximum absolute atomic E-state index is 10.4. The van der Waals surface area contributed by atoms with E-state index in [-0.39, 0.29) is 18.1 Å². The van der Waals surface area contributed by atoms with Crippen molar-refractivity contribution in [3.8, 4) is 0 Å². The van der Waals surface area contributed by atoms with Crippen LogP contribution >= 0.6 is 0 Å². The number of aliphatic hydroxyl groups excluding tert-OH is 1. The van der Waals surface area contributed by atoms with Gasteiger partial charge in [0.05, 0.1) is 36.0 Å². The normalized spacial score (nSPS) is 15.1. The number of hydrogen-bond donors (Lipinski definition) is 2. The van der Waals surface area contributed by atoms with Gasteiger partial charge >= 0.3 is 0 Å². The summed E-state index contributed by atoms with van der Waals surface area (Å²) in [6, 6.07) is 9.73. The lowest BCUT2D eigenvalue weighted by Crippen LogP contribution is -2.26. The number of hydrogen-bond acceptors (Lipinski definition) is 4. The largest absolute Gasteiger partial charge is 0.510 e. The minimum absolute atomic E-state index is 0.168. The van der Waals surface area contributed by atoms with Gasteiger partial charge in [-0.1, -0.05) is 6.07 Å². The van der Waals surface area contributed by atoms with Gasteiger partial charge in [0.1, 0.15) is 23.2 Å². The van der Waals surface area contributed by atoms with Crippen LogP contribution in [0.1, 0.15) is 17.1 Å². The molecule has 0 bridgehead atoms. The lowest BCUT2D eigenvalue weighted by Gasteiger charge is -2.16. The Hall–Kier alpha value is -3.02. The van der Waals surface area contributed by atoms with E-state index in [0.29, 0.717) is 17.9 Å². The highest BCUT2D eigenvalue weighted by atomic mass is 16.3. The number of nitrogens with one attached hydrogen (secondary N) is 1. The van der Waals surface area contributed by atoms with E-state index in [1.807, 2.05) is 48.9 Å².